The first kappa shape index (κ1) is 16.2. The van der Waals surface area contributed by atoms with Crippen LogP contribution in [-0.4, -0.2) is 35.2 Å². The van der Waals surface area contributed by atoms with Crippen molar-refractivity contribution in [3.8, 4) is 0 Å². The van der Waals surface area contributed by atoms with E-state index in [2.05, 4.69) is 0 Å². The molecule has 1 unspecified atom stereocenters. The van der Waals surface area contributed by atoms with Gasteiger partial charge in [-0.2, -0.15) is 48.3 Å². The predicted molar refractivity (Wildman–Crippen MR) is 28.1 cm³/mol. The Morgan fingerprint density at radius 3 is 0.941 bits per heavy atom. The largest absolute Gasteiger partial charge is 0.460 e. The fraction of sp³-hybridized carbons (Fsp3) is 1.00. The zero-order valence-electron chi connectivity index (χ0n) is 7.10. The molecule has 0 aliphatic carbocycles. The third-order valence-corrected chi connectivity index (χ3v) is 1.54. The molecule has 12 heteroatoms. The highest BCUT2D eigenvalue weighted by Crippen LogP contribution is 2.55. The van der Waals surface area contributed by atoms with Crippen molar-refractivity contribution in [2.24, 2.45) is 0 Å². The molecule has 0 rings (SSSR count). The van der Waals surface area contributed by atoms with E-state index in [1.807, 2.05) is 0 Å². The quantitative estimate of drug-likeness (QED) is 0.774. The van der Waals surface area contributed by atoms with E-state index in [9.17, 15) is 48.3 Å². The number of halogens is 11. The van der Waals surface area contributed by atoms with E-state index in [0.717, 1.165) is 0 Å². The molecule has 0 saturated heterocycles. The maximum atomic E-state index is 12.2. The van der Waals surface area contributed by atoms with E-state index in [1.165, 1.54) is 0 Å². The summed E-state index contributed by atoms with van der Waals surface area (Å²) < 4.78 is 129. The highest BCUT2D eigenvalue weighted by Gasteiger charge is 2.86. The molecule has 0 aliphatic rings. The van der Waals surface area contributed by atoms with Gasteiger partial charge in [0.1, 0.15) is 0 Å². The van der Waals surface area contributed by atoms with Crippen molar-refractivity contribution < 1.29 is 53.4 Å². The third kappa shape index (κ3) is 2.13. The molecule has 0 aromatic carbocycles. The summed E-state index contributed by atoms with van der Waals surface area (Å²) in [5.74, 6) is -21.9. The summed E-state index contributed by atoms with van der Waals surface area (Å²) in [6.07, 6.45) is -14.2. The minimum Gasteiger partial charge on any atom is -0.350 e. The maximum Gasteiger partial charge on any atom is 0.460 e. The lowest BCUT2D eigenvalue weighted by molar-refractivity contribution is -0.455. The molecule has 0 amide bonds. The second-order valence-electron chi connectivity index (χ2n) is 2.77. The molecule has 0 radical (unpaired) electrons. The van der Waals surface area contributed by atoms with Crippen LogP contribution in [0.3, 0.4) is 0 Å². The van der Waals surface area contributed by atoms with Crippen LogP contribution >= 0.6 is 0 Å². The Hall–Kier alpha value is -0.810. The minimum atomic E-state index is -7.43. The normalized spacial score (nSPS) is 19.1. The molecule has 0 aliphatic heterocycles. The van der Waals surface area contributed by atoms with Crippen LogP contribution in [0.5, 0.6) is 0 Å². The summed E-state index contributed by atoms with van der Waals surface area (Å²) in [5, 5.41) is 7.56. The first-order chi connectivity index (χ1) is 7.00. The second-order valence-corrected chi connectivity index (χ2v) is 2.77. The van der Waals surface area contributed by atoms with E-state index < -0.39 is 30.1 Å². The molecule has 0 bridgehead atoms. The van der Waals surface area contributed by atoms with Crippen LogP contribution < -0.4 is 0 Å². The molecule has 104 valence electrons. The van der Waals surface area contributed by atoms with Gasteiger partial charge < -0.3 is 5.11 Å². The number of aliphatic hydroxyl groups is 1. The lowest BCUT2D eigenvalue weighted by atomic mass is 10.0. The van der Waals surface area contributed by atoms with E-state index in [-0.39, 0.29) is 0 Å². The molecular formula is C5HF11O. The number of hydrogen-bond acceptors (Lipinski definition) is 1. The smallest absolute Gasteiger partial charge is 0.350 e. The van der Waals surface area contributed by atoms with Crippen LogP contribution in [0.1, 0.15) is 0 Å². The summed E-state index contributed by atoms with van der Waals surface area (Å²) in [5.41, 5.74) is 0. The molecule has 1 atom stereocenters. The van der Waals surface area contributed by atoms with Crippen LogP contribution in [0.25, 0.3) is 0 Å². The van der Waals surface area contributed by atoms with Crippen molar-refractivity contribution in [1.29, 1.82) is 0 Å². The Labute approximate surface area is 84.8 Å². The van der Waals surface area contributed by atoms with Gasteiger partial charge in [-0.25, -0.2) is 0 Å². The van der Waals surface area contributed by atoms with Crippen molar-refractivity contribution in [3.63, 3.8) is 0 Å². The number of hydrogen-bond donors (Lipinski definition) is 1. The summed E-state index contributed by atoms with van der Waals surface area (Å²) in [6, 6.07) is 0. The first-order valence-corrected chi connectivity index (χ1v) is 3.30. The number of alkyl halides is 11. The van der Waals surface area contributed by atoms with Gasteiger partial charge in [-0.3, -0.25) is 0 Å². The van der Waals surface area contributed by atoms with Crippen molar-refractivity contribution in [2.75, 3.05) is 0 Å². The Morgan fingerprint density at radius 2 is 0.765 bits per heavy atom. The summed E-state index contributed by atoms with van der Waals surface area (Å²) >= 11 is 0. The summed E-state index contributed by atoms with van der Waals surface area (Å²) in [6.45, 7) is 0. The van der Waals surface area contributed by atoms with Gasteiger partial charge in [-0.05, 0) is 0 Å². The van der Waals surface area contributed by atoms with Gasteiger partial charge in [0.25, 0.3) is 0 Å². The first-order valence-electron chi connectivity index (χ1n) is 3.30. The van der Waals surface area contributed by atoms with Gasteiger partial charge in [0.2, 0.25) is 0 Å². The highest BCUT2D eigenvalue weighted by molar-refractivity contribution is 5.03. The van der Waals surface area contributed by atoms with Crippen LogP contribution in [0.2, 0.25) is 0 Å². The van der Waals surface area contributed by atoms with Crippen molar-refractivity contribution in [3.05, 3.63) is 0 Å². The van der Waals surface area contributed by atoms with Crippen molar-refractivity contribution in [2.45, 2.75) is 30.1 Å². The van der Waals surface area contributed by atoms with E-state index in [1.54, 1.807) is 0 Å². The zero-order valence-corrected chi connectivity index (χ0v) is 7.10. The fourth-order valence-electron chi connectivity index (χ4n) is 0.564. The van der Waals surface area contributed by atoms with Crippen molar-refractivity contribution in [1.82, 2.24) is 0 Å². The molecule has 0 fully saturated rings. The molecule has 1 nitrogen and oxygen atoms in total. The molecule has 0 saturated carbocycles. The molecule has 17 heavy (non-hydrogen) atoms. The van der Waals surface area contributed by atoms with Gasteiger partial charge in [0.15, 0.2) is 0 Å². The fourth-order valence-corrected chi connectivity index (χ4v) is 0.564. The standard InChI is InChI=1S/C5HF11O/c6-1(7,2(8,9)4(11,12)13)3(10,17)5(14,15)16/h17H. The Bertz CT molecular complexity index is 255. The summed E-state index contributed by atoms with van der Waals surface area (Å²) in [7, 11) is 0. The molecule has 0 aromatic heterocycles. The molecule has 1 N–H and O–H groups in total. The predicted octanol–water partition coefficient (Wildman–Crippen LogP) is 3.04. The monoisotopic (exact) mass is 286 g/mol. The Morgan fingerprint density at radius 1 is 0.471 bits per heavy atom. The van der Waals surface area contributed by atoms with Crippen LogP contribution in [0.4, 0.5) is 48.3 Å². The van der Waals surface area contributed by atoms with Crippen LogP contribution in [-0.2, 0) is 0 Å². The number of rotatable bonds is 2. The molecule has 0 spiro atoms. The lowest BCUT2D eigenvalue weighted by Gasteiger charge is -2.35. The minimum absolute atomic E-state index is 7.03. The molecule has 0 aromatic rings. The van der Waals surface area contributed by atoms with Gasteiger partial charge in [0, 0.05) is 0 Å². The van der Waals surface area contributed by atoms with E-state index in [4.69, 9.17) is 5.11 Å². The second kappa shape index (κ2) is 3.59. The van der Waals surface area contributed by atoms with Gasteiger partial charge >= 0.3 is 30.1 Å². The Balaban J connectivity index is 5.73. The van der Waals surface area contributed by atoms with E-state index in [0.29, 0.717) is 0 Å². The lowest BCUT2D eigenvalue weighted by Crippen LogP contribution is -2.67. The van der Waals surface area contributed by atoms with Crippen molar-refractivity contribution >= 4 is 0 Å². The molecular weight excluding hydrogens is 285 g/mol. The van der Waals surface area contributed by atoms with E-state index >= 15 is 0 Å². The van der Waals surface area contributed by atoms with Crippen LogP contribution in [0.15, 0.2) is 0 Å². The zero-order chi connectivity index (χ0) is 14.5. The Kier molecular flexibility index (Phi) is 3.42. The SMILES string of the molecule is OC(F)(C(F)(F)F)C(F)(F)C(F)(F)C(F)(F)F. The van der Waals surface area contributed by atoms with Gasteiger partial charge in [-0.1, -0.05) is 0 Å². The topological polar surface area (TPSA) is 20.2 Å². The average Bonchev–Trinajstić information content (AvgIpc) is 1.98. The highest BCUT2D eigenvalue weighted by atomic mass is 19.4. The average molecular weight is 286 g/mol. The maximum absolute atomic E-state index is 12.2. The van der Waals surface area contributed by atoms with Gasteiger partial charge in [0.05, 0.1) is 0 Å². The van der Waals surface area contributed by atoms with Gasteiger partial charge in [-0.15, -0.1) is 0 Å². The van der Waals surface area contributed by atoms with Crippen LogP contribution in [0, 0.1) is 0 Å². The summed E-state index contributed by atoms with van der Waals surface area (Å²) in [4.78, 5) is 0. The molecule has 0 heterocycles. The third-order valence-electron chi connectivity index (χ3n) is 1.54.